The highest BCUT2D eigenvalue weighted by Gasteiger charge is 2.34. The number of carbonyl (C=O) groups is 1. The van der Waals surface area contributed by atoms with Crippen LogP contribution in [0.1, 0.15) is 12.8 Å². The number of nitrogens with zero attached hydrogens (tertiary/aromatic N) is 6. The molecule has 0 radical (unpaired) electrons. The fourth-order valence-electron chi connectivity index (χ4n) is 4.13. The highest BCUT2D eigenvalue weighted by molar-refractivity contribution is 5.75. The lowest BCUT2D eigenvalue weighted by Crippen LogP contribution is -2.49. The molecule has 4 aromatic rings. The van der Waals surface area contributed by atoms with Gasteiger partial charge < -0.3 is 15.1 Å². The molecule has 1 aromatic carbocycles. The number of amides is 1. The van der Waals surface area contributed by atoms with E-state index in [1.807, 2.05) is 42.5 Å². The van der Waals surface area contributed by atoms with E-state index in [1.165, 1.54) is 22.0 Å². The van der Waals surface area contributed by atoms with Gasteiger partial charge in [-0.25, -0.2) is 14.5 Å². The van der Waals surface area contributed by atoms with Crippen LogP contribution in [0.25, 0.3) is 28.0 Å². The first kappa shape index (κ1) is 20.8. The Balaban J connectivity index is 1.40. The van der Waals surface area contributed by atoms with Gasteiger partial charge in [0.25, 0.3) is 5.56 Å². The average Bonchev–Trinajstić information content (AvgIpc) is 3.27. The molecule has 0 bridgehead atoms. The van der Waals surface area contributed by atoms with Crippen LogP contribution in [0, 0.1) is 0 Å². The van der Waals surface area contributed by atoms with Gasteiger partial charge >= 0.3 is 6.09 Å². The number of aliphatic hydroxyl groups is 1. The molecule has 1 fully saturated rings. The molecule has 2 N–H and O–H groups in total. The van der Waals surface area contributed by atoms with Gasteiger partial charge in [-0.2, -0.15) is 5.10 Å². The standard InChI is InChI=1S/C23H22N6O4/c30-21-18-13-26-29(17-6-7-19(24-12-17)16-4-2-1-3-5-16)20(18)25-15-28(21)14-23(33)8-10-27(11-9-23)22(31)32/h1-7,12-13,15,33H,8-11,14H2,(H,31,32). The van der Waals surface area contributed by atoms with E-state index in [4.69, 9.17) is 5.11 Å². The quantitative estimate of drug-likeness (QED) is 0.492. The van der Waals surface area contributed by atoms with Gasteiger partial charge in [0.05, 0.1) is 35.9 Å². The molecule has 33 heavy (non-hydrogen) atoms. The van der Waals surface area contributed by atoms with Crippen molar-refractivity contribution >= 4 is 17.1 Å². The SMILES string of the molecule is O=C(O)N1CCC(O)(Cn2cnc3c(cnn3-c3ccc(-c4ccccc4)nc3)c2=O)CC1. The van der Waals surface area contributed by atoms with E-state index in [9.17, 15) is 14.7 Å². The van der Waals surface area contributed by atoms with Crippen LogP contribution in [-0.4, -0.2) is 64.2 Å². The van der Waals surface area contributed by atoms with E-state index >= 15 is 0 Å². The van der Waals surface area contributed by atoms with Crippen molar-refractivity contribution in [2.45, 2.75) is 25.0 Å². The zero-order valence-corrected chi connectivity index (χ0v) is 17.7. The van der Waals surface area contributed by atoms with E-state index < -0.39 is 11.7 Å². The summed E-state index contributed by atoms with van der Waals surface area (Å²) in [5.41, 5.74) is 1.43. The first-order chi connectivity index (χ1) is 15.9. The van der Waals surface area contributed by atoms with E-state index in [0.717, 1.165) is 11.3 Å². The Morgan fingerprint density at radius 2 is 1.79 bits per heavy atom. The van der Waals surface area contributed by atoms with Crippen LogP contribution in [0.15, 0.2) is 66.0 Å². The van der Waals surface area contributed by atoms with E-state index in [2.05, 4.69) is 15.1 Å². The van der Waals surface area contributed by atoms with Crippen molar-refractivity contribution in [1.82, 2.24) is 29.2 Å². The normalized spacial score (nSPS) is 15.6. The summed E-state index contributed by atoms with van der Waals surface area (Å²) in [6.45, 7) is 0.487. The molecule has 0 aliphatic carbocycles. The zero-order chi connectivity index (χ0) is 23.0. The number of pyridine rings is 1. The van der Waals surface area contributed by atoms with Gasteiger partial charge in [-0.15, -0.1) is 0 Å². The van der Waals surface area contributed by atoms with Crippen molar-refractivity contribution < 1.29 is 15.0 Å². The Bertz CT molecular complexity index is 1360. The smallest absolute Gasteiger partial charge is 0.407 e. The summed E-state index contributed by atoms with van der Waals surface area (Å²) in [4.78, 5) is 34.3. The third kappa shape index (κ3) is 3.96. The molecule has 1 amide bonds. The van der Waals surface area contributed by atoms with Gasteiger partial charge in [-0.05, 0) is 25.0 Å². The molecule has 10 heteroatoms. The number of rotatable bonds is 4. The van der Waals surface area contributed by atoms with Crippen LogP contribution in [0.4, 0.5) is 4.79 Å². The molecule has 1 aliphatic rings. The maximum Gasteiger partial charge on any atom is 0.407 e. The highest BCUT2D eigenvalue weighted by atomic mass is 16.4. The predicted octanol–water partition coefficient (Wildman–Crippen LogP) is 2.15. The van der Waals surface area contributed by atoms with Crippen molar-refractivity contribution in [3.8, 4) is 16.9 Å². The van der Waals surface area contributed by atoms with Crippen LogP contribution in [0.2, 0.25) is 0 Å². The molecule has 1 aliphatic heterocycles. The predicted molar refractivity (Wildman–Crippen MR) is 120 cm³/mol. The van der Waals surface area contributed by atoms with Gasteiger partial charge in [0.2, 0.25) is 0 Å². The third-order valence-corrected chi connectivity index (χ3v) is 6.05. The van der Waals surface area contributed by atoms with Gasteiger partial charge in [0.15, 0.2) is 5.65 Å². The molecule has 10 nitrogen and oxygen atoms in total. The van der Waals surface area contributed by atoms with Gasteiger partial charge in [-0.1, -0.05) is 30.3 Å². The second kappa shape index (κ2) is 8.14. The summed E-state index contributed by atoms with van der Waals surface area (Å²) in [6.07, 6.45) is 4.04. The number of likely N-dealkylation sites (tertiary alicyclic amines) is 1. The van der Waals surface area contributed by atoms with Crippen LogP contribution in [-0.2, 0) is 6.54 Å². The molecule has 1 saturated heterocycles. The first-order valence-corrected chi connectivity index (χ1v) is 10.6. The van der Waals surface area contributed by atoms with Crippen LogP contribution >= 0.6 is 0 Å². The Kier molecular flexibility index (Phi) is 5.14. The number of carboxylic acid groups (broad SMARTS) is 1. The third-order valence-electron chi connectivity index (χ3n) is 6.05. The molecule has 5 rings (SSSR count). The summed E-state index contributed by atoms with van der Waals surface area (Å²) in [7, 11) is 0. The lowest BCUT2D eigenvalue weighted by Gasteiger charge is -2.37. The lowest BCUT2D eigenvalue weighted by atomic mass is 9.91. The van der Waals surface area contributed by atoms with E-state index in [-0.39, 0.29) is 38.0 Å². The number of benzene rings is 1. The molecule has 0 atom stereocenters. The van der Waals surface area contributed by atoms with E-state index in [0.29, 0.717) is 16.7 Å². The maximum atomic E-state index is 13.0. The maximum absolute atomic E-state index is 13.0. The number of aromatic nitrogens is 5. The zero-order valence-electron chi connectivity index (χ0n) is 17.7. The summed E-state index contributed by atoms with van der Waals surface area (Å²) in [5.74, 6) is 0. The molecular formula is C23H22N6O4. The topological polar surface area (TPSA) is 126 Å². The number of piperidine rings is 1. The molecule has 0 saturated carbocycles. The minimum absolute atomic E-state index is 0.0424. The molecule has 3 aromatic heterocycles. The Morgan fingerprint density at radius 3 is 2.45 bits per heavy atom. The van der Waals surface area contributed by atoms with Gasteiger partial charge in [0.1, 0.15) is 11.7 Å². The number of hydrogen-bond donors (Lipinski definition) is 2. The molecular weight excluding hydrogens is 424 g/mol. The fraction of sp³-hybridized carbons (Fsp3) is 0.261. The van der Waals surface area contributed by atoms with Crippen molar-refractivity contribution in [3.05, 3.63) is 71.5 Å². The Hall–Kier alpha value is -4.05. The van der Waals surface area contributed by atoms with Crippen molar-refractivity contribution in [2.24, 2.45) is 0 Å². The minimum atomic E-state index is -1.17. The van der Waals surface area contributed by atoms with Crippen LogP contribution < -0.4 is 5.56 Å². The average molecular weight is 446 g/mol. The highest BCUT2D eigenvalue weighted by Crippen LogP contribution is 2.24. The second-order valence-corrected chi connectivity index (χ2v) is 8.23. The van der Waals surface area contributed by atoms with Crippen LogP contribution in [0.5, 0.6) is 0 Å². The van der Waals surface area contributed by atoms with Crippen molar-refractivity contribution in [1.29, 1.82) is 0 Å². The molecule has 0 unspecified atom stereocenters. The summed E-state index contributed by atoms with van der Waals surface area (Å²) >= 11 is 0. The fourth-order valence-corrected chi connectivity index (χ4v) is 4.13. The summed E-state index contributed by atoms with van der Waals surface area (Å²) < 4.78 is 2.92. The van der Waals surface area contributed by atoms with Crippen molar-refractivity contribution in [2.75, 3.05) is 13.1 Å². The first-order valence-electron chi connectivity index (χ1n) is 10.6. The molecule has 168 valence electrons. The minimum Gasteiger partial charge on any atom is -0.465 e. The largest absolute Gasteiger partial charge is 0.465 e. The Labute approximate surface area is 188 Å². The number of hydrogen-bond acceptors (Lipinski definition) is 6. The molecule has 4 heterocycles. The van der Waals surface area contributed by atoms with Gasteiger partial charge in [0, 0.05) is 18.7 Å². The van der Waals surface area contributed by atoms with Gasteiger partial charge in [-0.3, -0.25) is 14.3 Å². The van der Waals surface area contributed by atoms with E-state index in [1.54, 1.807) is 10.9 Å². The second-order valence-electron chi connectivity index (χ2n) is 8.23. The summed E-state index contributed by atoms with van der Waals surface area (Å²) in [6, 6.07) is 13.6. The summed E-state index contributed by atoms with van der Waals surface area (Å²) in [5, 5.41) is 24.6. The van der Waals surface area contributed by atoms with Crippen molar-refractivity contribution in [3.63, 3.8) is 0 Å². The molecule has 0 spiro atoms. The van der Waals surface area contributed by atoms with Crippen LogP contribution in [0.3, 0.4) is 0 Å². The number of fused-ring (bicyclic) bond motifs is 1. The lowest BCUT2D eigenvalue weighted by molar-refractivity contribution is -0.0303. The monoisotopic (exact) mass is 446 g/mol. The Morgan fingerprint density at radius 1 is 1.03 bits per heavy atom.